The van der Waals surface area contributed by atoms with E-state index < -0.39 is 42.3 Å². The van der Waals surface area contributed by atoms with Crippen LogP contribution in [0, 0.1) is 0 Å². The Morgan fingerprint density at radius 3 is 1.71 bits per heavy atom. The molecular formula is C25H40N4O6. The van der Waals surface area contributed by atoms with Crippen molar-refractivity contribution in [2.24, 2.45) is 0 Å². The van der Waals surface area contributed by atoms with Crippen molar-refractivity contribution < 1.29 is 29.7 Å². The zero-order valence-corrected chi connectivity index (χ0v) is 21.0. The largest absolute Gasteiger partial charge is 0.481 e. The molecule has 35 heavy (non-hydrogen) atoms. The molecule has 1 amide bonds. The van der Waals surface area contributed by atoms with Gasteiger partial charge in [0.15, 0.2) is 5.78 Å². The van der Waals surface area contributed by atoms with E-state index in [1.165, 1.54) is 6.92 Å². The first kappa shape index (κ1) is 28.9. The van der Waals surface area contributed by atoms with Gasteiger partial charge in [0.05, 0.1) is 24.7 Å². The molecule has 1 saturated heterocycles. The summed E-state index contributed by atoms with van der Waals surface area (Å²) >= 11 is 0. The summed E-state index contributed by atoms with van der Waals surface area (Å²) < 4.78 is 0. The molecule has 0 radical (unpaired) electrons. The number of nitrogens with one attached hydrogen (secondary N) is 1. The molecular weight excluding hydrogens is 452 g/mol. The molecule has 196 valence electrons. The Kier molecular flexibility index (Phi) is 11.8. The molecule has 1 aliphatic rings. The van der Waals surface area contributed by atoms with Crippen LogP contribution in [0.5, 0.6) is 0 Å². The maximum absolute atomic E-state index is 12.5. The number of carboxylic acids is 1. The minimum atomic E-state index is -1.15. The summed E-state index contributed by atoms with van der Waals surface area (Å²) in [5.41, 5.74) is 1.39. The number of carboxylic acid groups (broad SMARTS) is 1. The fourth-order valence-corrected chi connectivity index (χ4v) is 4.19. The van der Waals surface area contributed by atoms with Crippen molar-refractivity contribution in [2.45, 2.75) is 52.0 Å². The molecule has 4 N–H and O–H groups in total. The second kappa shape index (κ2) is 14.3. The topological polar surface area (TPSA) is 134 Å². The summed E-state index contributed by atoms with van der Waals surface area (Å²) in [5, 5.41) is 31.2. The number of β-amino-alcohol motifs (C(OH)–C–C–N with tert-alkyl or cyclic N) is 2. The molecule has 10 nitrogen and oxygen atoms in total. The number of aliphatic carboxylic acids is 1. The van der Waals surface area contributed by atoms with Gasteiger partial charge in [-0.25, -0.2) is 0 Å². The van der Waals surface area contributed by atoms with E-state index in [1.807, 2.05) is 12.1 Å². The van der Waals surface area contributed by atoms with Crippen LogP contribution in [0.1, 0.15) is 43.1 Å². The minimum absolute atomic E-state index is 0.362. The van der Waals surface area contributed by atoms with Crippen molar-refractivity contribution >= 4 is 17.7 Å². The van der Waals surface area contributed by atoms with Crippen LogP contribution in [0.2, 0.25) is 0 Å². The standard InChI is InChI=1S/C25H40N4O6/c1-18(30)15-27-8-9-28(16-19(2)31)11-13-29(12-10-27)17-21-4-6-22(7-5-21)25(35)26-23(20(3)32)14-24(33)34/h4-7,18-19,23,30-31H,8-17H2,1-3H3,(H,26,35)(H,33,34)/t18-,19-,23?/m0/s1. The number of hydrogen-bond acceptors (Lipinski definition) is 8. The van der Waals surface area contributed by atoms with Crippen LogP contribution in [0.4, 0.5) is 0 Å². The van der Waals surface area contributed by atoms with E-state index in [2.05, 4.69) is 20.0 Å². The van der Waals surface area contributed by atoms with Gasteiger partial charge in [-0.2, -0.15) is 0 Å². The molecule has 1 aliphatic heterocycles. The average molecular weight is 493 g/mol. The van der Waals surface area contributed by atoms with E-state index in [-0.39, 0.29) is 0 Å². The number of amides is 1. The lowest BCUT2D eigenvalue weighted by Gasteiger charge is -2.27. The Balaban J connectivity index is 2.03. The highest BCUT2D eigenvalue weighted by molar-refractivity contribution is 5.98. The van der Waals surface area contributed by atoms with E-state index in [4.69, 9.17) is 5.11 Å². The summed E-state index contributed by atoms with van der Waals surface area (Å²) in [6.07, 6.45) is -1.27. The fourth-order valence-electron chi connectivity index (χ4n) is 4.19. The van der Waals surface area contributed by atoms with E-state index in [9.17, 15) is 24.6 Å². The number of aliphatic hydroxyl groups is 2. The number of hydrogen-bond donors (Lipinski definition) is 4. The summed E-state index contributed by atoms with van der Waals surface area (Å²) in [7, 11) is 0. The van der Waals surface area contributed by atoms with E-state index in [0.717, 1.165) is 44.8 Å². The smallest absolute Gasteiger partial charge is 0.305 e. The number of benzene rings is 1. The monoisotopic (exact) mass is 492 g/mol. The third-order valence-electron chi connectivity index (χ3n) is 6.04. The Morgan fingerprint density at radius 1 is 0.857 bits per heavy atom. The minimum Gasteiger partial charge on any atom is -0.481 e. The summed E-state index contributed by atoms with van der Waals surface area (Å²) in [4.78, 5) is 41.9. The normalized spacial score (nSPS) is 19.1. The van der Waals surface area contributed by atoms with Crippen LogP contribution in [-0.4, -0.2) is 118 Å². The summed E-state index contributed by atoms with van der Waals surface area (Å²) in [6.45, 7) is 11.7. The van der Waals surface area contributed by atoms with E-state index in [1.54, 1.807) is 26.0 Å². The molecule has 0 aromatic heterocycles. The number of rotatable bonds is 11. The first-order valence-corrected chi connectivity index (χ1v) is 12.2. The van der Waals surface area contributed by atoms with Crippen LogP contribution < -0.4 is 5.32 Å². The van der Waals surface area contributed by atoms with Gasteiger partial charge in [0.2, 0.25) is 0 Å². The molecule has 1 aromatic carbocycles. The Bertz CT molecular complexity index is 808. The Hall–Kier alpha value is -2.37. The zero-order chi connectivity index (χ0) is 26.0. The quantitative estimate of drug-likeness (QED) is 0.338. The zero-order valence-electron chi connectivity index (χ0n) is 21.0. The van der Waals surface area contributed by atoms with Gasteiger partial charge in [0.1, 0.15) is 0 Å². The first-order chi connectivity index (χ1) is 16.5. The maximum Gasteiger partial charge on any atom is 0.305 e. The molecule has 1 fully saturated rings. The Labute approximate surface area is 207 Å². The maximum atomic E-state index is 12.5. The number of ketones is 1. The van der Waals surface area contributed by atoms with Gasteiger partial charge in [-0.1, -0.05) is 12.1 Å². The van der Waals surface area contributed by atoms with Crippen molar-refractivity contribution in [1.29, 1.82) is 0 Å². The van der Waals surface area contributed by atoms with Crippen molar-refractivity contribution in [3.8, 4) is 0 Å². The van der Waals surface area contributed by atoms with Gasteiger partial charge in [0, 0.05) is 64.5 Å². The molecule has 1 heterocycles. The highest BCUT2D eigenvalue weighted by Crippen LogP contribution is 2.11. The van der Waals surface area contributed by atoms with E-state index in [0.29, 0.717) is 25.2 Å². The number of nitrogens with zero attached hydrogens (tertiary/aromatic N) is 3. The summed E-state index contributed by atoms with van der Waals surface area (Å²) in [6, 6.07) is 6.03. The van der Waals surface area contributed by atoms with Crippen molar-refractivity contribution in [2.75, 3.05) is 52.4 Å². The molecule has 1 unspecified atom stereocenters. The number of aliphatic hydroxyl groups excluding tert-OH is 2. The number of carbonyl (C=O) groups excluding carboxylic acids is 2. The van der Waals surface area contributed by atoms with Gasteiger partial charge in [-0.15, -0.1) is 0 Å². The van der Waals surface area contributed by atoms with Gasteiger partial charge < -0.3 is 20.6 Å². The van der Waals surface area contributed by atoms with Gasteiger partial charge in [0.25, 0.3) is 5.91 Å². The van der Waals surface area contributed by atoms with Crippen molar-refractivity contribution in [3.63, 3.8) is 0 Å². The molecule has 2 rings (SSSR count). The Morgan fingerprint density at radius 2 is 1.31 bits per heavy atom. The van der Waals surface area contributed by atoms with E-state index >= 15 is 0 Å². The van der Waals surface area contributed by atoms with Crippen LogP contribution in [0.15, 0.2) is 24.3 Å². The third kappa shape index (κ3) is 10.8. The molecule has 0 spiro atoms. The lowest BCUT2D eigenvalue weighted by atomic mass is 10.1. The van der Waals surface area contributed by atoms with Crippen LogP contribution in [0.3, 0.4) is 0 Å². The highest BCUT2D eigenvalue weighted by atomic mass is 16.4. The van der Waals surface area contributed by atoms with Crippen molar-refractivity contribution in [1.82, 2.24) is 20.0 Å². The molecule has 0 saturated carbocycles. The van der Waals surface area contributed by atoms with Crippen LogP contribution in [-0.2, 0) is 16.1 Å². The lowest BCUT2D eigenvalue weighted by Crippen LogP contribution is -2.41. The third-order valence-corrected chi connectivity index (χ3v) is 6.04. The second-order valence-electron chi connectivity index (χ2n) is 9.51. The molecule has 1 aromatic rings. The van der Waals surface area contributed by atoms with Gasteiger partial charge in [-0.3, -0.25) is 29.1 Å². The summed E-state index contributed by atoms with van der Waals surface area (Å²) in [5.74, 6) is -2.04. The lowest BCUT2D eigenvalue weighted by molar-refractivity contribution is -0.139. The average Bonchev–Trinajstić information content (AvgIpc) is 2.85. The molecule has 10 heteroatoms. The highest BCUT2D eigenvalue weighted by Gasteiger charge is 2.22. The predicted molar refractivity (Wildman–Crippen MR) is 132 cm³/mol. The van der Waals surface area contributed by atoms with Crippen LogP contribution in [0.25, 0.3) is 0 Å². The molecule has 0 aliphatic carbocycles. The number of Topliss-reactive ketones (excluding diaryl/α,β-unsaturated/α-hetero) is 1. The predicted octanol–water partition coefficient (Wildman–Crippen LogP) is 0.0299. The van der Waals surface area contributed by atoms with Gasteiger partial charge in [-0.05, 0) is 38.5 Å². The number of carbonyl (C=O) groups is 3. The molecule has 3 atom stereocenters. The molecule has 0 bridgehead atoms. The van der Waals surface area contributed by atoms with Crippen molar-refractivity contribution in [3.05, 3.63) is 35.4 Å². The first-order valence-electron chi connectivity index (χ1n) is 12.2. The second-order valence-corrected chi connectivity index (χ2v) is 9.51. The SMILES string of the molecule is CC(=O)C(CC(=O)O)NC(=O)c1ccc(CN2CCN(C[C@H](C)O)CCN(C[C@H](C)O)CC2)cc1. The van der Waals surface area contributed by atoms with Crippen LogP contribution >= 0.6 is 0 Å². The fraction of sp³-hybridized carbons (Fsp3) is 0.640. The van der Waals surface area contributed by atoms with Gasteiger partial charge >= 0.3 is 5.97 Å².